The summed E-state index contributed by atoms with van der Waals surface area (Å²) in [6.45, 7) is 1.51. The van der Waals surface area contributed by atoms with Crippen LogP contribution in [0.2, 0.25) is 0 Å². The molecule has 0 bridgehead atoms. The molecule has 9 heteroatoms. The molecule has 0 unspecified atom stereocenters. The van der Waals surface area contributed by atoms with Crippen molar-refractivity contribution in [3.63, 3.8) is 0 Å². The number of carbonyl (C=O) groups excluding carboxylic acids is 4. The molecule has 0 aliphatic carbocycles. The third kappa shape index (κ3) is 7.81. The smallest absolute Gasteiger partial charge is 0.338 e. The highest BCUT2D eigenvalue weighted by atomic mass is 16.5. The quantitative estimate of drug-likeness (QED) is 0.558. The number of methoxy groups -OCH3 is 1. The molecule has 0 fully saturated rings. The molecule has 2 rings (SSSR count). The summed E-state index contributed by atoms with van der Waals surface area (Å²) in [5, 5.41) is 5.19. The lowest BCUT2D eigenvalue weighted by Gasteiger charge is -2.10. The van der Waals surface area contributed by atoms with Crippen molar-refractivity contribution >= 4 is 35.1 Å². The number of carbonyl (C=O) groups is 4. The Kier molecular flexibility index (Phi) is 9.03. The Morgan fingerprint density at radius 2 is 1.55 bits per heavy atom. The summed E-state index contributed by atoms with van der Waals surface area (Å²) in [5.74, 6) is -1.57. The van der Waals surface area contributed by atoms with Crippen LogP contribution < -0.4 is 15.4 Å². The molecule has 2 aromatic rings. The van der Waals surface area contributed by atoms with Gasteiger partial charge in [0, 0.05) is 12.1 Å². The summed E-state index contributed by atoms with van der Waals surface area (Å²) < 4.78 is 14.9. The highest BCUT2D eigenvalue weighted by molar-refractivity contribution is 5.95. The predicted octanol–water partition coefficient (Wildman–Crippen LogP) is 2.77. The van der Waals surface area contributed by atoms with E-state index >= 15 is 0 Å². The van der Waals surface area contributed by atoms with Crippen molar-refractivity contribution in [2.75, 3.05) is 31.0 Å². The van der Waals surface area contributed by atoms with Crippen molar-refractivity contribution < 1.29 is 33.4 Å². The number of nitrogens with one attached hydrogen (secondary N) is 2. The van der Waals surface area contributed by atoms with E-state index in [1.165, 1.54) is 19.2 Å². The Bertz CT molecular complexity index is 926. The number of benzene rings is 2. The van der Waals surface area contributed by atoms with Gasteiger partial charge in [-0.15, -0.1) is 0 Å². The average Bonchev–Trinajstić information content (AvgIpc) is 2.77. The summed E-state index contributed by atoms with van der Waals surface area (Å²) in [4.78, 5) is 47.3. The maximum atomic E-state index is 12.0. The maximum Gasteiger partial charge on any atom is 0.338 e. The van der Waals surface area contributed by atoms with E-state index in [2.05, 4.69) is 10.6 Å². The van der Waals surface area contributed by atoms with Gasteiger partial charge in [0.1, 0.15) is 5.75 Å². The lowest BCUT2D eigenvalue weighted by atomic mass is 10.2. The number of esters is 2. The first-order valence-electron chi connectivity index (χ1n) is 9.58. The Morgan fingerprint density at radius 3 is 2.23 bits per heavy atom. The highest BCUT2D eigenvalue weighted by Crippen LogP contribution is 2.22. The van der Waals surface area contributed by atoms with Crippen LogP contribution in [0.15, 0.2) is 48.5 Å². The topological polar surface area (TPSA) is 120 Å². The van der Waals surface area contributed by atoms with Crippen LogP contribution in [0.1, 0.15) is 30.1 Å². The summed E-state index contributed by atoms with van der Waals surface area (Å²) in [6, 6.07) is 13.0. The molecular weight excluding hydrogens is 404 g/mol. The van der Waals surface area contributed by atoms with Crippen molar-refractivity contribution in [3.8, 4) is 5.75 Å². The molecule has 0 aliphatic heterocycles. The van der Waals surface area contributed by atoms with Gasteiger partial charge in [-0.05, 0) is 43.3 Å². The molecule has 0 aliphatic rings. The zero-order chi connectivity index (χ0) is 22.6. The fourth-order valence-electron chi connectivity index (χ4n) is 2.50. The van der Waals surface area contributed by atoms with E-state index in [1.54, 1.807) is 43.3 Å². The van der Waals surface area contributed by atoms with E-state index in [0.29, 0.717) is 22.7 Å². The largest absolute Gasteiger partial charge is 0.495 e. The minimum Gasteiger partial charge on any atom is -0.495 e. The molecule has 31 heavy (non-hydrogen) atoms. The van der Waals surface area contributed by atoms with Gasteiger partial charge in [-0.2, -0.15) is 0 Å². The Hall–Kier alpha value is -3.88. The van der Waals surface area contributed by atoms with E-state index in [0.717, 1.165) is 0 Å². The van der Waals surface area contributed by atoms with Crippen LogP contribution in [-0.4, -0.2) is 44.1 Å². The SMILES string of the molecule is CCOC(=O)c1ccc(NC(=O)CCC(=O)OCC(=O)Nc2ccccc2OC)cc1. The van der Waals surface area contributed by atoms with Crippen LogP contribution in [-0.2, 0) is 23.9 Å². The summed E-state index contributed by atoms with van der Waals surface area (Å²) >= 11 is 0. The van der Waals surface area contributed by atoms with Crippen molar-refractivity contribution in [2.45, 2.75) is 19.8 Å². The first-order valence-corrected chi connectivity index (χ1v) is 9.58. The molecule has 0 saturated carbocycles. The molecule has 164 valence electrons. The molecule has 2 N–H and O–H groups in total. The monoisotopic (exact) mass is 428 g/mol. The molecule has 0 radical (unpaired) electrons. The lowest BCUT2D eigenvalue weighted by molar-refractivity contribution is -0.147. The van der Waals surface area contributed by atoms with Gasteiger partial charge in [-0.3, -0.25) is 14.4 Å². The van der Waals surface area contributed by atoms with E-state index < -0.39 is 30.4 Å². The predicted molar refractivity (Wildman–Crippen MR) is 113 cm³/mol. The van der Waals surface area contributed by atoms with Crippen molar-refractivity contribution in [1.82, 2.24) is 0 Å². The van der Waals surface area contributed by atoms with E-state index in [4.69, 9.17) is 14.2 Å². The molecule has 0 atom stereocenters. The minimum absolute atomic E-state index is 0.118. The van der Waals surface area contributed by atoms with Gasteiger partial charge in [0.05, 0.1) is 31.4 Å². The molecule has 0 heterocycles. The summed E-state index contributed by atoms with van der Waals surface area (Å²) in [6.07, 6.45) is -0.304. The number of amides is 2. The van der Waals surface area contributed by atoms with Crippen molar-refractivity contribution in [3.05, 3.63) is 54.1 Å². The lowest BCUT2D eigenvalue weighted by Crippen LogP contribution is -2.22. The number of anilines is 2. The van der Waals surface area contributed by atoms with Gasteiger partial charge in [-0.25, -0.2) is 4.79 Å². The number of hydrogen-bond donors (Lipinski definition) is 2. The normalized spacial score (nSPS) is 10.0. The van der Waals surface area contributed by atoms with Crippen LogP contribution in [0, 0.1) is 0 Å². The Balaban J connectivity index is 1.71. The fourth-order valence-corrected chi connectivity index (χ4v) is 2.50. The van der Waals surface area contributed by atoms with Crippen molar-refractivity contribution in [2.24, 2.45) is 0 Å². The molecule has 0 aromatic heterocycles. The van der Waals surface area contributed by atoms with E-state index in [-0.39, 0.29) is 19.4 Å². The van der Waals surface area contributed by atoms with Crippen molar-refractivity contribution in [1.29, 1.82) is 0 Å². The molecule has 0 saturated heterocycles. The Labute approximate surface area is 179 Å². The molecule has 2 amide bonds. The summed E-state index contributed by atoms with van der Waals surface area (Å²) in [7, 11) is 1.48. The van der Waals surface area contributed by atoms with Gasteiger partial charge in [0.15, 0.2) is 6.61 Å². The second-order valence-corrected chi connectivity index (χ2v) is 6.26. The third-order valence-corrected chi connectivity index (χ3v) is 3.98. The maximum absolute atomic E-state index is 12.0. The third-order valence-electron chi connectivity index (χ3n) is 3.98. The van der Waals surface area contributed by atoms with Crippen LogP contribution >= 0.6 is 0 Å². The number of para-hydroxylation sites is 2. The average molecular weight is 428 g/mol. The van der Waals surface area contributed by atoms with E-state index in [9.17, 15) is 19.2 Å². The molecule has 0 spiro atoms. The van der Waals surface area contributed by atoms with E-state index in [1.807, 2.05) is 0 Å². The standard InChI is InChI=1S/C22H24N2O7/c1-3-30-22(28)15-8-10-16(11-9-15)23-19(25)12-13-21(27)31-14-20(26)24-17-6-4-5-7-18(17)29-2/h4-11H,3,12-14H2,1-2H3,(H,23,25)(H,24,26). The highest BCUT2D eigenvalue weighted by Gasteiger charge is 2.13. The number of ether oxygens (including phenoxy) is 3. The molecule has 9 nitrogen and oxygen atoms in total. The van der Waals surface area contributed by atoms with Gasteiger partial charge in [-0.1, -0.05) is 12.1 Å². The first kappa shape index (κ1) is 23.4. The van der Waals surface area contributed by atoms with Crippen LogP contribution in [0.4, 0.5) is 11.4 Å². The van der Waals surface area contributed by atoms with Crippen LogP contribution in [0.25, 0.3) is 0 Å². The second-order valence-electron chi connectivity index (χ2n) is 6.26. The summed E-state index contributed by atoms with van der Waals surface area (Å²) in [5.41, 5.74) is 1.30. The van der Waals surface area contributed by atoms with Crippen LogP contribution in [0.5, 0.6) is 5.75 Å². The fraction of sp³-hybridized carbons (Fsp3) is 0.273. The number of rotatable bonds is 10. The van der Waals surface area contributed by atoms with Gasteiger partial charge in [0.25, 0.3) is 5.91 Å². The molecular formula is C22H24N2O7. The minimum atomic E-state index is -0.678. The van der Waals surface area contributed by atoms with Gasteiger partial charge < -0.3 is 24.8 Å². The Morgan fingerprint density at radius 1 is 0.839 bits per heavy atom. The molecule has 2 aromatic carbocycles. The zero-order valence-electron chi connectivity index (χ0n) is 17.3. The van der Waals surface area contributed by atoms with Crippen LogP contribution in [0.3, 0.4) is 0 Å². The zero-order valence-corrected chi connectivity index (χ0v) is 17.3. The van der Waals surface area contributed by atoms with Gasteiger partial charge in [0.2, 0.25) is 5.91 Å². The second kappa shape index (κ2) is 12.0. The number of hydrogen-bond acceptors (Lipinski definition) is 7. The first-order chi connectivity index (χ1) is 14.9. The van der Waals surface area contributed by atoms with Gasteiger partial charge >= 0.3 is 11.9 Å².